The number of benzene rings is 1. The first-order valence-corrected chi connectivity index (χ1v) is 12.7. The second kappa shape index (κ2) is 7.37. The number of ether oxygens (including phenoxy) is 1. The van der Waals surface area contributed by atoms with Gasteiger partial charge in [0.05, 0.1) is 28.8 Å². The van der Waals surface area contributed by atoms with Crippen molar-refractivity contribution in [1.82, 2.24) is 4.90 Å². The normalized spacial score (nSPS) is 31.7. The average molecular weight is 416 g/mol. The summed E-state index contributed by atoms with van der Waals surface area (Å²) in [7, 11) is -5.62. The Balaban J connectivity index is 1.97. The van der Waals surface area contributed by atoms with Crippen molar-refractivity contribution in [2.75, 3.05) is 31.7 Å². The Bertz CT molecular complexity index is 900. The fourth-order valence-corrected chi connectivity index (χ4v) is 9.53. The third-order valence-corrected chi connectivity index (χ3v) is 9.85. The lowest BCUT2D eigenvalue weighted by molar-refractivity contribution is 0.107. The summed E-state index contributed by atoms with van der Waals surface area (Å²) >= 11 is 0. The number of piperidine rings is 1. The number of rotatable bonds is 4. The zero-order chi connectivity index (χ0) is 20.0. The van der Waals surface area contributed by atoms with Gasteiger partial charge in [-0.25, -0.2) is 16.8 Å². The van der Waals surface area contributed by atoms with Gasteiger partial charge in [-0.1, -0.05) is 13.8 Å². The van der Waals surface area contributed by atoms with E-state index in [0.29, 0.717) is 17.6 Å². The molecule has 0 spiro atoms. The van der Waals surface area contributed by atoms with Crippen LogP contribution in [0.4, 0.5) is 0 Å². The number of nitrogens with zero attached hydrogens (tertiary/aromatic N) is 1. The minimum absolute atomic E-state index is 0.0779. The van der Waals surface area contributed by atoms with Gasteiger partial charge in [-0.3, -0.25) is 4.90 Å². The van der Waals surface area contributed by atoms with E-state index in [1.54, 1.807) is 19.1 Å². The zero-order valence-corrected chi connectivity index (χ0v) is 18.0. The molecule has 1 aromatic carbocycles. The summed E-state index contributed by atoms with van der Waals surface area (Å²) in [5.41, 5.74) is 0.719. The Morgan fingerprint density at radius 2 is 1.74 bits per heavy atom. The Morgan fingerprint density at radius 1 is 1.11 bits per heavy atom. The number of aryl methyl sites for hydroxylation is 1. The highest BCUT2D eigenvalue weighted by Crippen LogP contribution is 2.33. The summed E-state index contributed by atoms with van der Waals surface area (Å²) in [6, 6.07) is 4.25. The van der Waals surface area contributed by atoms with Gasteiger partial charge >= 0.3 is 0 Å². The molecule has 2 fully saturated rings. The lowest BCUT2D eigenvalue weighted by atomic mass is 9.91. The Kier molecular flexibility index (Phi) is 5.62. The third kappa shape index (κ3) is 4.17. The number of likely N-dealkylation sites (tertiary alicyclic amines) is 1. The number of sulfone groups is 2. The molecule has 0 N–H and O–H groups in total. The van der Waals surface area contributed by atoms with Gasteiger partial charge in [-0.15, -0.1) is 0 Å². The van der Waals surface area contributed by atoms with E-state index in [4.69, 9.17) is 4.74 Å². The van der Waals surface area contributed by atoms with Gasteiger partial charge in [-0.05, 0) is 48.9 Å². The topological polar surface area (TPSA) is 80.8 Å². The molecule has 6 nitrogen and oxygen atoms in total. The van der Waals surface area contributed by atoms with E-state index in [0.717, 1.165) is 25.1 Å². The molecule has 152 valence electrons. The van der Waals surface area contributed by atoms with Crippen LogP contribution >= 0.6 is 0 Å². The first-order chi connectivity index (χ1) is 12.5. The maximum Gasteiger partial charge on any atom is 0.183 e. The lowest BCUT2D eigenvalue weighted by Crippen LogP contribution is -2.51. The Morgan fingerprint density at radius 3 is 2.30 bits per heavy atom. The standard InChI is InChI=1S/C19H29NO5S2/c1-13-7-14(2)10-20(9-13)17-11-26(21,22)12-19(17)27(23,24)16-5-6-18(25-4)15(3)8-16/h5-6,8,13-14,17,19H,7,9-12H2,1-4H3/t13-,14+,17-,19-/m0/s1. The zero-order valence-electron chi connectivity index (χ0n) is 16.4. The van der Waals surface area contributed by atoms with Crippen molar-refractivity contribution in [3.05, 3.63) is 23.8 Å². The molecule has 4 atom stereocenters. The minimum Gasteiger partial charge on any atom is -0.496 e. The first-order valence-electron chi connectivity index (χ1n) is 9.36. The average Bonchev–Trinajstić information content (AvgIpc) is 2.90. The summed E-state index contributed by atoms with van der Waals surface area (Å²) in [6.07, 6.45) is 1.09. The van der Waals surface area contributed by atoms with E-state index in [9.17, 15) is 16.8 Å². The lowest BCUT2D eigenvalue weighted by Gasteiger charge is -2.40. The molecule has 0 unspecified atom stereocenters. The quantitative estimate of drug-likeness (QED) is 0.747. The highest BCUT2D eigenvalue weighted by molar-refractivity contribution is 7.96. The maximum atomic E-state index is 13.4. The second-order valence-corrected chi connectivity index (χ2v) is 12.6. The number of hydrogen-bond acceptors (Lipinski definition) is 6. The van der Waals surface area contributed by atoms with Crippen molar-refractivity contribution >= 4 is 19.7 Å². The summed E-state index contributed by atoms with van der Waals surface area (Å²) < 4.78 is 56.7. The van der Waals surface area contributed by atoms with Crippen LogP contribution in [0, 0.1) is 18.8 Å². The predicted octanol–water partition coefficient (Wildman–Crippen LogP) is 1.92. The van der Waals surface area contributed by atoms with Gasteiger partial charge in [0.15, 0.2) is 19.7 Å². The number of hydrogen-bond donors (Lipinski definition) is 0. The second-order valence-electron chi connectivity index (χ2n) is 8.26. The summed E-state index contributed by atoms with van der Waals surface area (Å²) in [5.74, 6) is 1.10. The molecular weight excluding hydrogens is 386 g/mol. The van der Waals surface area contributed by atoms with E-state index in [-0.39, 0.29) is 16.4 Å². The Labute approximate surface area is 162 Å². The summed E-state index contributed by atoms with van der Waals surface area (Å²) in [4.78, 5) is 2.27. The molecule has 0 aromatic heterocycles. The molecule has 0 radical (unpaired) electrons. The van der Waals surface area contributed by atoms with Crippen molar-refractivity contribution in [2.24, 2.45) is 11.8 Å². The molecule has 0 amide bonds. The van der Waals surface area contributed by atoms with Crippen LogP contribution in [0.2, 0.25) is 0 Å². The molecule has 0 saturated carbocycles. The molecule has 2 heterocycles. The molecule has 0 aliphatic carbocycles. The van der Waals surface area contributed by atoms with Crippen LogP contribution in [0.15, 0.2) is 23.1 Å². The smallest absolute Gasteiger partial charge is 0.183 e. The van der Waals surface area contributed by atoms with Gasteiger partial charge in [0, 0.05) is 19.1 Å². The molecule has 2 aliphatic heterocycles. The summed E-state index contributed by atoms with van der Waals surface area (Å²) in [6.45, 7) is 7.57. The SMILES string of the molecule is COc1ccc(S(=O)(=O)[C@H]2CS(=O)(=O)C[C@@H]2N2C[C@H](C)C[C@H](C)C2)cc1C. The van der Waals surface area contributed by atoms with E-state index in [1.165, 1.54) is 13.2 Å². The van der Waals surface area contributed by atoms with Crippen LogP contribution in [-0.4, -0.2) is 64.7 Å². The highest BCUT2D eigenvalue weighted by Gasteiger charge is 2.49. The van der Waals surface area contributed by atoms with Gasteiger partial charge < -0.3 is 4.74 Å². The van der Waals surface area contributed by atoms with Crippen molar-refractivity contribution in [1.29, 1.82) is 0 Å². The largest absolute Gasteiger partial charge is 0.496 e. The van der Waals surface area contributed by atoms with Gasteiger partial charge in [0.25, 0.3) is 0 Å². The predicted molar refractivity (Wildman–Crippen MR) is 106 cm³/mol. The number of methoxy groups -OCH3 is 1. The van der Waals surface area contributed by atoms with Crippen LogP contribution in [0.5, 0.6) is 5.75 Å². The monoisotopic (exact) mass is 415 g/mol. The van der Waals surface area contributed by atoms with Crippen LogP contribution in [0.3, 0.4) is 0 Å². The van der Waals surface area contributed by atoms with E-state index in [2.05, 4.69) is 18.7 Å². The van der Waals surface area contributed by atoms with Crippen LogP contribution in [-0.2, 0) is 19.7 Å². The molecule has 0 bridgehead atoms. The first kappa shape index (κ1) is 20.6. The van der Waals surface area contributed by atoms with Crippen molar-refractivity contribution in [2.45, 2.75) is 43.4 Å². The van der Waals surface area contributed by atoms with E-state index in [1.807, 2.05) is 0 Å². The molecule has 1 aromatic rings. The van der Waals surface area contributed by atoms with E-state index < -0.39 is 31.0 Å². The molecule has 8 heteroatoms. The van der Waals surface area contributed by atoms with Crippen molar-refractivity contribution in [3.8, 4) is 5.75 Å². The van der Waals surface area contributed by atoms with Gasteiger partial charge in [0.1, 0.15) is 5.75 Å². The molecular formula is C19H29NO5S2. The van der Waals surface area contributed by atoms with E-state index >= 15 is 0 Å². The van der Waals surface area contributed by atoms with Gasteiger partial charge in [-0.2, -0.15) is 0 Å². The van der Waals surface area contributed by atoms with Crippen molar-refractivity contribution in [3.63, 3.8) is 0 Å². The summed E-state index contributed by atoms with van der Waals surface area (Å²) in [5, 5.41) is -0.923. The van der Waals surface area contributed by atoms with Crippen LogP contribution in [0.1, 0.15) is 25.8 Å². The van der Waals surface area contributed by atoms with Gasteiger partial charge in [0.2, 0.25) is 0 Å². The minimum atomic E-state index is -3.77. The fourth-order valence-electron chi connectivity index (χ4n) is 4.62. The maximum absolute atomic E-state index is 13.4. The Hall–Kier alpha value is -1.12. The van der Waals surface area contributed by atoms with Crippen LogP contribution in [0.25, 0.3) is 0 Å². The van der Waals surface area contributed by atoms with Crippen LogP contribution < -0.4 is 4.74 Å². The molecule has 3 rings (SSSR count). The highest BCUT2D eigenvalue weighted by atomic mass is 32.2. The third-order valence-electron chi connectivity index (χ3n) is 5.73. The van der Waals surface area contributed by atoms with Crippen molar-refractivity contribution < 1.29 is 21.6 Å². The molecule has 27 heavy (non-hydrogen) atoms. The molecule has 2 saturated heterocycles. The molecule has 2 aliphatic rings. The fraction of sp³-hybridized carbons (Fsp3) is 0.684.